The van der Waals surface area contributed by atoms with Crippen LogP contribution < -0.4 is 14.8 Å². The zero-order chi connectivity index (χ0) is 15.1. The Labute approximate surface area is 124 Å². The minimum atomic E-state index is -0.354. The zero-order valence-corrected chi connectivity index (χ0v) is 12.4. The Morgan fingerprint density at radius 2 is 1.90 bits per heavy atom. The molecule has 0 atom stereocenters. The van der Waals surface area contributed by atoms with Gasteiger partial charge in [0.1, 0.15) is 5.75 Å². The van der Waals surface area contributed by atoms with Gasteiger partial charge in [0, 0.05) is 6.54 Å². The third-order valence-electron chi connectivity index (χ3n) is 3.05. The summed E-state index contributed by atoms with van der Waals surface area (Å²) in [6.45, 7) is 3.26. The number of ether oxygens (including phenoxy) is 2. The first-order chi connectivity index (χ1) is 10.2. The molecule has 0 aliphatic heterocycles. The largest absolute Gasteiger partial charge is 0.494 e. The lowest BCUT2D eigenvalue weighted by Crippen LogP contribution is -2.04. The van der Waals surface area contributed by atoms with E-state index in [4.69, 9.17) is 9.47 Å². The number of methoxy groups -OCH3 is 1. The fourth-order valence-electron chi connectivity index (χ4n) is 1.97. The number of rotatable bonds is 7. The molecular formula is C17H20FNO2. The molecule has 0 unspecified atom stereocenters. The van der Waals surface area contributed by atoms with E-state index in [-0.39, 0.29) is 11.6 Å². The van der Waals surface area contributed by atoms with Crippen molar-refractivity contribution in [3.63, 3.8) is 0 Å². The van der Waals surface area contributed by atoms with Crippen molar-refractivity contribution in [3.8, 4) is 11.5 Å². The number of para-hydroxylation sites is 2. The SMILES string of the molecule is CCCOc1ccccc1NCc1ccc(OC)c(F)c1. The van der Waals surface area contributed by atoms with Crippen molar-refractivity contribution < 1.29 is 13.9 Å². The fourth-order valence-corrected chi connectivity index (χ4v) is 1.97. The molecule has 0 fully saturated rings. The van der Waals surface area contributed by atoms with Crippen molar-refractivity contribution in [3.05, 3.63) is 53.8 Å². The summed E-state index contributed by atoms with van der Waals surface area (Å²) in [5, 5.41) is 3.27. The first kappa shape index (κ1) is 15.2. The summed E-state index contributed by atoms with van der Waals surface area (Å²) in [5.74, 6) is 0.714. The molecule has 3 nitrogen and oxygen atoms in total. The summed E-state index contributed by atoms with van der Waals surface area (Å²) in [6.07, 6.45) is 0.956. The van der Waals surface area contributed by atoms with E-state index in [1.165, 1.54) is 13.2 Å². The number of halogens is 1. The third-order valence-corrected chi connectivity index (χ3v) is 3.05. The van der Waals surface area contributed by atoms with Crippen LogP contribution >= 0.6 is 0 Å². The maximum atomic E-state index is 13.6. The maximum Gasteiger partial charge on any atom is 0.165 e. The number of hydrogen-bond donors (Lipinski definition) is 1. The molecule has 0 aliphatic carbocycles. The number of benzene rings is 2. The lowest BCUT2D eigenvalue weighted by molar-refractivity contribution is 0.319. The molecule has 0 heterocycles. The Hall–Kier alpha value is -2.23. The second-order valence-electron chi connectivity index (χ2n) is 4.67. The maximum absolute atomic E-state index is 13.6. The normalized spacial score (nSPS) is 10.2. The first-order valence-corrected chi connectivity index (χ1v) is 7.02. The quantitative estimate of drug-likeness (QED) is 0.827. The molecular weight excluding hydrogens is 269 g/mol. The van der Waals surface area contributed by atoms with Gasteiger partial charge in [0.25, 0.3) is 0 Å². The highest BCUT2D eigenvalue weighted by Crippen LogP contribution is 2.25. The van der Waals surface area contributed by atoms with Crippen LogP contribution in [-0.4, -0.2) is 13.7 Å². The van der Waals surface area contributed by atoms with Crippen molar-refractivity contribution in [2.45, 2.75) is 19.9 Å². The molecule has 0 bridgehead atoms. The molecule has 21 heavy (non-hydrogen) atoms. The zero-order valence-electron chi connectivity index (χ0n) is 12.4. The second kappa shape index (κ2) is 7.53. The lowest BCUT2D eigenvalue weighted by atomic mass is 10.2. The highest BCUT2D eigenvalue weighted by molar-refractivity contribution is 5.56. The van der Waals surface area contributed by atoms with Gasteiger partial charge >= 0.3 is 0 Å². The Morgan fingerprint density at radius 1 is 1.10 bits per heavy atom. The Balaban J connectivity index is 2.04. The predicted molar refractivity (Wildman–Crippen MR) is 82.5 cm³/mol. The van der Waals surface area contributed by atoms with Crippen LogP contribution in [0, 0.1) is 5.82 Å². The lowest BCUT2D eigenvalue weighted by Gasteiger charge is -2.13. The molecule has 0 radical (unpaired) electrons. The minimum absolute atomic E-state index is 0.255. The van der Waals surface area contributed by atoms with Gasteiger partial charge in [-0.05, 0) is 36.2 Å². The molecule has 0 saturated carbocycles. The molecule has 0 saturated heterocycles. The molecule has 112 valence electrons. The topological polar surface area (TPSA) is 30.5 Å². The van der Waals surface area contributed by atoms with E-state index in [2.05, 4.69) is 12.2 Å². The van der Waals surface area contributed by atoms with E-state index in [1.54, 1.807) is 6.07 Å². The summed E-state index contributed by atoms with van der Waals surface area (Å²) < 4.78 is 24.2. The van der Waals surface area contributed by atoms with Crippen LogP contribution in [0.15, 0.2) is 42.5 Å². The summed E-state index contributed by atoms with van der Waals surface area (Å²) in [7, 11) is 1.46. The van der Waals surface area contributed by atoms with Crippen molar-refractivity contribution in [1.29, 1.82) is 0 Å². The molecule has 2 rings (SSSR count). The van der Waals surface area contributed by atoms with E-state index in [1.807, 2.05) is 30.3 Å². The number of hydrogen-bond acceptors (Lipinski definition) is 3. The second-order valence-corrected chi connectivity index (χ2v) is 4.67. The highest BCUT2D eigenvalue weighted by Gasteiger charge is 2.05. The van der Waals surface area contributed by atoms with Gasteiger partial charge in [0.05, 0.1) is 19.4 Å². The van der Waals surface area contributed by atoms with E-state index in [0.717, 1.165) is 23.4 Å². The van der Waals surface area contributed by atoms with Crippen molar-refractivity contribution in [2.24, 2.45) is 0 Å². The smallest absolute Gasteiger partial charge is 0.165 e. The van der Waals surface area contributed by atoms with E-state index >= 15 is 0 Å². The van der Waals surface area contributed by atoms with Gasteiger partial charge in [-0.2, -0.15) is 0 Å². The number of nitrogens with one attached hydrogen (secondary N) is 1. The van der Waals surface area contributed by atoms with Gasteiger partial charge in [0.2, 0.25) is 0 Å². The summed E-state index contributed by atoms with van der Waals surface area (Å²) in [4.78, 5) is 0. The van der Waals surface area contributed by atoms with Crippen molar-refractivity contribution in [1.82, 2.24) is 0 Å². The standard InChI is InChI=1S/C17H20FNO2/c1-3-10-21-17-7-5-4-6-15(17)19-12-13-8-9-16(20-2)14(18)11-13/h4-9,11,19H,3,10,12H2,1-2H3. The van der Waals surface area contributed by atoms with E-state index < -0.39 is 0 Å². The van der Waals surface area contributed by atoms with Gasteiger partial charge in [-0.15, -0.1) is 0 Å². The van der Waals surface area contributed by atoms with E-state index in [9.17, 15) is 4.39 Å². The molecule has 0 aliphatic rings. The molecule has 2 aromatic carbocycles. The molecule has 0 spiro atoms. The number of anilines is 1. The average molecular weight is 289 g/mol. The average Bonchev–Trinajstić information content (AvgIpc) is 2.52. The van der Waals surface area contributed by atoms with Gasteiger partial charge < -0.3 is 14.8 Å². The van der Waals surface area contributed by atoms with Crippen LogP contribution in [0.5, 0.6) is 11.5 Å². The van der Waals surface area contributed by atoms with Crippen LogP contribution in [0.25, 0.3) is 0 Å². The monoisotopic (exact) mass is 289 g/mol. The summed E-state index contributed by atoms with van der Waals surface area (Å²) >= 11 is 0. The molecule has 0 amide bonds. The predicted octanol–water partition coefficient (Wildman–Crippen LogP) is 4.24. The van der Waals surface area contributed by atoms with Crippen molar-refractivity contribution in [2.75, 3.05) is 19.0 Å². The molecule has 4 heteroatoms. The molecule has 2 aromatic rings. The van der Waals surface area contributed by atoms with Crippen molar-refractivity contribution >= 4 is 5.69 Å². The minimum Gasteiger partial charge on any atom is -0.494 e. The van der Waals surface area contributed by atoms with Crippen LogP contribution in [0.4, 0.5) is 10.1 Å². The van der Waals surface area contributed by atoms with Gasteiger partial charge in [-0.25, -0.2) is 4.39 Å². The van der Waals surface area contributed by atoms with Gasteiger partial charge in [-0.3, -0.25) is 0 Å². The highest BCUT2D eigenvalue weighted by atomic mass is 19.1. The van der Waals surface area contributed by atoms with Crippen LogP contribution in [0.2, 0.25) is 0 Å². The van der Waals surface area contributed by atoms with Crippen LogP contribution in [0.1, 0.15) is 18.9 Å². The first-order valence-electron chi connectivity index (χ1n) is 7.02. The van der Waals surface area contributed by atoms with Gasteiger partial charge in [0.15, 0.2) is 11.6 Å². The Morgan fingerprint density at radius 3 is 2.62 bits per heavy atom. The summed E-state index contributed by atoms with van der Waals surface area (Å²) in [6, 6.07) is 12.7. The fraction of sp³-hybridized carbons (Fsp3) is 0.294. The summed E-state index contributed by atoms with van der Waals surface area (Å²) in [5.41, 5.74) is 1.75. The van der Waals surface area contributed by atoms with Gasteiger partial charge in [-0.1, -0.05) is 25.1 Å². The molecule has 0 aromatic heterocycles. The molecule has 1 N–H and O–H groups in total. The Kier molecular flexibility index (Phi) is 5.43. The van der Waals surface area contributed by atoms with E-state index in [0.29, 0.717) is 13.2 Å². The van der Waals surface area contributed by atoms with Crippen LogP contribution in [0.3, 0.4) is 0 Å². The van der Waals surface area contributed by atoms with Crippen LogP contribution in [-0.2, 0) is 6.54 Å². The third kappa shape index (κ3) is 4.12. The Bertz CT molecular complexity index is 587.